The molecule has 0 atom stereocenters. The summed E-state index contributed by atoms with van der Waals surface area (Å²) >= 11 is 0. The molecule has 1 N–H and O–H groups in total. The second-order valence-electron chi connectivity index (χ2n) is 5.65. The summed E-state index contributed by atoms with van der Waals surface area (Å²) in [5.41, 5.74) is 4.42. The number of allylic oxidation sites excluding steroid dienone is 1. The van der Waals surface area contributed by atoms with E-state index in [2.05, 4.69) is 22.9 Å². The van der Waals surface area contributed by atoms with E-state index in [4.69, 9.17) is 0 Å². The largest absolute Gasteiger partial charge is 0.381 e. The van der Waals surface area contributed by atoms with Crippen molar-refractivity contribution in [1.29, 1.82) is 0 Å². The second-order valence-corrected chi connectivity index (χ2v) is 5.65. The Hall–Kier alpha value is -3.20. The molecule has 0 saturated heterocycles. The van der Waals surface area contributed by atoms with Crippen LogP contribution >= 0.6 is 0 Å². The van der Waals surface area contributed by atoms with Gasteiger partial charge in [0.25, 0.3) is 0 Å². The fourth-order valence-corrected chi connectivity index (χ4v) is 2.45. The van der Waals surface area contributed by atoms with Crippen LogP contribution in [0.2, 0.25) is 0 Å². The van der Waals surface area contributed by atoms with Gasteiger partial charge in [-0.1, -0.05) is 55.1 Å². The fourth-order valence-electron chi connectivity index (χ4n) is 2.45. The fraction of sp³-hybridized carbons (Fsp3) is 0.0455. The van der Waals surface area contributed by atoms with Crippen molar-refractivity contribution in [1.82, 2.24) is 10.3 Å². The van der Waals surface area contributed by atoms with Gasteiger partial charge in [-0.25, -0.2) is 4.39 Å². The van der Waals surface area contributed by atoms with E-state index in [-0.39, 0.29) is 5.82 Å². The highest BCUT2D eigenvalue weighted by Gasteiger charge is 2.00. The summed E-state index contributed by atoms with van der Waals surface area (Å²) in [5.74, 6) is -0.241. The molecule has 0 fully saturated rings. The molecule has 0 spiro atoms. The summed E-state index contributed by atoms with van der Waals surface area (Å²) in [7, 11) is 0. The minimum Gasteiger partial charge on any atom is -0.381 e. The van der Waals surface area contributed by atoms with E-state index in [1.54, 1.807) is 30.5 Å². The zero-order valence-electron chi connectivity index (χ0n) is 13.8. The Morgan fingerprint density at radius 1 is 1.04 bits per heavy atom. The van der Waals surface area contributed by atoms with Crippen molar-refractivity contribution in [3.63, 3.8) is 0 Å². The van der Waals surface area contributed by atoms with Crippen LogP contribution in [-0.2, 0) is 6.54 Å². The Bertz CT molecular complexity index is 885. The van der Waals surface area contributed by atoms with Crippen molar-refractivity contribution in [2.45, 2.75) is 6.54 Å². The van der Waals surface area contributed by atoms with Crippen LogP contribution in [-0.4, -0.2) is 4.98 Å². The van der Waals surface area contributed by atoms with E-state index in [1.165, 1.54) is 6.07 Å². The third-order valence-electron chi connectivity index (χ3n) is 3.78. The normalized spacial score (nSPS) is 10.8. The maximum absolute atomic E-state index is 13.6. The average Bonchev–Trinajstić information content (AvgIpc) is 2.67. The molecule has 3 rings (SSSR count). The summed E-state index contributed by atoms with van der Waals surface area (Å²) in [6.45, 7) is 4.60. The van der Waals surface area contributed by atoms with E-state index >= 15 is 0 Å². The number of pyridine rings is 1. The molecule has 0 amide bonds. The van der Waals surface area contributed by atoms with E-state index in [1.807, 2.05) is 42.5 Å². The van der Waals surface area contributed by atoms with E-state index in [0.717, 1.165) is 22.5 Å². The lowest BCUT2D eigenvalue weighted by Crippen LogP contribution is -2.10. The van der Waals surface area contributed by atoms with Gasteiger partial charge >= 0.3 is 0 Å². The minimum absolute atomic E-state index is 0.241. The highest BCUT2D eigenvalue weighted by molar-refractivity contribution is 5.59. The van der Waals surface area contributed by atoms with Crippen molar-refractivity contribution in [3.8, 4) is 11.3 Å². The van der Waals surface area contributed by atoms with Crippen LogP contribution in [0.25, 0.3) is 17.3 Å². The van der Waals surface area contributed by atoms with Crippen molar-refractivity contribution in [2.24, 2.45) is 0 Å². The maximum atomic E-state index is 13.6. The zero-order chi connectivity index (χ0) is 17.5. The number of hydrogen-bond donors (Lipinski definition) is 1. The molecule has 0 bridgehead atoms. The van der Waals surface area contributed by atoms with E-state index < -0.39 is 0 Å². The van der Waals surface area contributed by atoms with Crippen molar-refractivity contribution in [2.75, 3.05) is 0 Å². The van der Waals surface area contributed by atoms with Gasteiger partial charge in [0, 0.05) is 29.6 Å². The molecule has 1 aromatic heterocycles. The van der Waals surface area contributed by atoms with Crippen LogP contribution in [0.1, 0.15) is 11.1 Å². The number of halogens is 1. The SMILES string of the molecule is C=C(/C=C/c1ccccc1F)NCc1cccc(-c2ccccn2)c1. The molecule has 0 aliphatic heterocycles. The van der Waals surface area contributed by atoms with Gasteiger partial charge in [-0.15, -0.1) is 0 Å². The minimum atomic E-state index is -0.241. The van der Waals surface area contributed by atoms with Gasteiger partial charge in [0.15, 0.2) is 0 Å². The molecule has 2 aromatic carbocycles. The molecule has 0 unspecified atom stereocenters. The summed E-state index contributed by atoms with van der Waals surface area (Å²) in [6.07, 6.45) is 5.28. The molecule has 25 heavy (non-hydrogen) atoms. The number of benzene rings is 2. The van der Waals surface area contributed by atoms with Crippen LogP contribution in [0.3, 0.4) is 0 Å². The average molecular weight is 330 g/mol. The van der Waals surface area contributed by atoms with Crippen LogP contribution in [0, 0.1) is 5.82 Å². The molecule has 1 heterocycles. The first kappa shape index (κ1) is 16.7. The van der Waals surface area contributed by atoms with Crippen LogP contribution < -0.4 is 5.32 Å². The number of nitrogens with one attached hydrogen (secondary N) is 1. The van der Waals surface area contributed by atoms with Gasteiger partial charge in [0.1, 0.15) is 5.82 Å². The van der Waals surface area contributed by atoms with Gasteiger partial charge in [0.2, 0.25) is 0 Å². The number of aromatic nitrogens is 1. The second kappa shape index (κ2) is 8.06. The van der Waals surface area contributed by atoms with Gasteiger partial charge in [-0.05, 0) is 35.9 Å². The first-order valence-electron chi connectivity index (χ1n) is 8.08. The number of hydrogen-bond acceptors (Lipinski definition) is 2. The summed E-state index contributed by atoms with van der Waals surface area (Å²) < 4.78 is 13.6. The van der Waals surface area contributed by atoms with Crippen molar-refractivity contribution < 1.29 is 4.39 Å². The van der Waals surface area contributed by atoms with Gasteiger partial charge in [-0.3, -0.25) is 4.98 Å². The van der Waals surface area contributed by atoms with Crippen LogP contribution in [0.5, 0.6) is 0 Å². The topological polar surface area (TPSA) is 24.9 Å². The lowest BCUT2D eigenvalue weighted by molar-refractivity contribution is 0.625. The Balaban J connectivity index is 1.62. The predicted molar refractivity (Wildman–Crippen MR) is 101 cm³/mol. The van der Waals surface area contributed by atoms with Crippen molar-refractivity contribution >= 4 is 6.08 Å². The Labute approximate surface area is 147 Å². The standard InChI is InChI=1S/C22H19FN2/c1-17(12-13-19-8-2-3-10-21(19)23)25-16-18-7-6-9-20(15-18)22-11-4-5-14-24-22/h2-15,25H,1,16H2/b13-12+. The lowest BCUT2D eigenvalue weighted by atomic mass is 10.1. The smallest absolute Gasteiger partial charge is 0.130 e. The monoisotopic (exact) mass is 330 g/mol. The Kier molecular flexibility index (Phi) is 5.37. The summed E-state index contributed by atoms with van der Waals surface area (Å²) in [5, 5.41) is 3.24. The van der Waals surface area contributed by atoms with Crippen molar-refractivity contribution in [3.05, 3.63) is 108 Å². The van der Waals surface area contributed by atoms with Crippen LogP contribution in [0.15, 0.2) is 91.3 Å². The van der Waals surface area contributed by atoms with E-state index in [9.17, 15) is 4.39 Å². The molecular formula is C22H19FN2. The number of nitrogens with zero attached hydrogens (tertiary/aromatic N) is 1. The quantitative estimate of drug-likeness (QED) is 0.628. The Morgan fingerprint density at radius 2 is 1.88 bits per heavy atom. The molecule has 2 nitrogen and oxygen atoms in total. The van der Waals surface area contributed by atoms with Crippen LogP contribution in [0.4, 0.5) is 4.39 Å². The third kappa shape index (κ3) is 4.64. The zero-order valence-corrected chi connectivity index (χ0v) is 13.8. The molecule has 0 aliphatic rings. The molecule has 0 radical (unpaired) electrons. The predicted octanol–water partition coefficient (Wildman–Crippen LogP) is 5.20. The van der Waals surface area contributed by atoms with E-state index in [0.29, 0.717) is 12.1 Å². The third-order valence-corrected chi connectivity index (χ3v) is 3.78. The molecule has 3 heteroatoms. The molecule has 3 aromatic rings. The first-order chi connectivity index (χ1) is 12.2. The van der Waals surface area contributed by atoms with Gasteiger partial charge in [0.05, 0.1) is 5.69 Å². The molecule has 124 valence electrons. The van der Waals surface area contributed by atoms with Gasteiger partial charge < -0.3 is 5.32 Å². The summed E-state index contributed by atoms with van der Waals surface area (Å²) in [6, 6.07) is 20.7. The molecule has 0 aliphatic carbocycles. The molecule has 0 saturated carbocycles. The summed E-state index contributed by atoms with van der Waals surface area (Å²) in [4.78, 5) is 4.37. The Morgan fingerprint density at radius 3 is 2.68 bits per heavy atom. The molecular weight excluding hydrogens is 311 g/mol. The first-order valence-corrected chi connectivity index (χ1v) is 8.08. The highest BCUT2D eigenvalue weighted by Crippen LogP contribution is 2.18. The number of rotatable bonds is 6. The maximum Gasteiger partial charge on any atom is 0.130 e. The van der Waals surface area contributed by atoms with Gasteiger partial charge in [-0.2, -0.15) is 0 Å². The lowest BCUT2D eigenvalue weighted by Gasteiger charge is -2.08. The highest BCUT2D eigenvalue weighted by atomic mass is 19.1.